The fourth-order valence-electron chi connectivity index (χ4n) is 4.58. The molecule has 1 spiro atoms. The van der Waals surface area contributed by atoms with E-state index in [4.69, 9.17) is 9.15 Å². The van der Waals surface area contributed by atoms with E-state index >= 15 is 0 Å². The minimum atomic E-state index is -0.391. The molecule has 8 nitrogen and oxygen atoms in total. The van der Waals surface area contributed by atoms with Gasteiger partial charge in [-0.25, -0.2) is 4.98 Å². The number of furan rings is 1. The number of piperidine rings is 1. The van der Waals surface area contributed by atoms with E-state index in [-0.39, 0.29) is 18.4 Å². The van der Waals surface area contributed by atoms with Crippen LogP contribution in [0.25, 0.3) is 11.4 Å². The third-order valence-electron chi connectivity index (χ3n) is 6.38. The molecule has 2 aromatic heterocycles. The van der Waals surface area contributed by atoms with Gasteiger partial charge in [-0.1, -0.05) is 30.3 Å². The molecule has 32 heavy (non-hydrogen) atoms. The summed E-state index contributed by atoms with van der Waals surface area (Å²) in [6.45, 7) is 3.09. The second kappa shape index (κ2) is 8.63. The molecule has 2 saturated heterocycles. The maximum absolute atomic E-state index is 13.1. The van der Waals surface area contributed by atoms with Gasteiger partial charge in [0.05, 0.1) is 24.0 Å². The predicted molar refractivity (Wildman–Crippen MR) is 117 cm³/mol. The quantitative estimate of drug-likeness (QED) is 0.631. The molecule has 1 aromatic carbocycles. The molecule has 0 saturated carbocycles. The Bertz CT molecular complexity index is 1070. The van der Waals surface area contributed by atoms with Crippen molar-refractivity contribution in [2.24, 2.45) is 0 Å². The topological polar surface area (TPSA) is 80.8 Å². The van der Waals surface area contributed by atoms with Crippen LogP contribution < -0.4 is 0 Å². The SMILES string of the molecule is O=C(Cn1ccnc1-c1ccccc1)N1CCOC2(CCN(C(=O)c3ccoc3)CC2)C1. The van der Waals surface area contributed by atoms with E-state index in [1.54, 1.807) is 12.3 Å². The van der Waals surface area contributed by atoms with Gasteiger partial charge in [-0.2, -0.15) is 0 Å². The van der Waals surface area contributed by atoms with Gasteiger partial charge in [0.15, 0.2) is 0 Å². The summed E-state index contributed by atoms with van der Waals surface area (Å²) < 4.78 is 13.1. The van der Waals surface area contributed by atoms with Crippen molar-refractivity contribution in [3.63, 3.8) is 0 Å². The first-order valence-electron chi connectivity index (χ1n) is 10.9. The van der Waals surface area contributed by atoms with Gasteiger partial charge in [-0.05, 0) is 18.9 Å². The number of imidazole rings is 1. The number of amides is 2. The van der Waals surface area contributed by atoms with Gasteiger partial charge in [0.25, 0.3) is 5.91 Å². The van der Waals surface area contributed by atoms with Crippen LogP contribution in [0, 0.1) is 0 Å². The third-order valence-corrected chi connectivity index (χ3v) is 6.38. The van der Waals surface area contributed by atoms with Crippen LogP contribution in [-0.2, 0) is 16.1 Å². The average molecular weight is 434 g/mol. The summed E-state index contributed by atoms with van der Waals surface area (Å²) in [5, 5.41) is 0. The van der Waals surface area contributed by atoms with Crippen molar-refractivity contribution in [3.8, 4) is 11.4 Å². The van der Waals surface area contributed by atoms with Crippen LogP contribution in [0.4, 0.5) is 0 Å². The van der Waals surface area contributed by atoms with Crippen molar-refractivity contribution in [1.29, 1.82) is 0 Å². The number of carbonyl (C=O) groups is 2. The first kappa shape index (κ1) is 20.5. The number of morpholine rings is 1. The molecule has 166 valence electrons. The minimum Gasteiger partial charge on any atom is -0.472 e. The Morgan fingerprint density at radius 3 is 2.59 bits per heavy atom. The fraction of sp³-hybridized carbons (Fsp3) is 0.375. The number of aromatic nitrogens is 2. The Kier molecular flexibility index (Phi) is 5.53. The fourth-order valence-corrected chi connectivity index (χ4v) is 4.58. The summed E-state index contributed by atoms with van der Waals surface area (Å²) in [7, 11) is 0. The maximum atomic E-state index is 13.1. The first-order chi connectivity index (χ1) is 15.6. The van der Waals surface area contributed by atoms with Crippen LogP contribution in [0.15, 0.2) is 65.7 Å². The van der Waals surface area contributed by atoms with Crippen molar-refractivity contribution >= 4 is 11.8 Å². The second-order valence-corrected chi connectivity index (χ2v) is 8.40. The van der Waals surface area contributed by atoms with Gasteiger partial charge in [0.1, 0.15) is 18.6 Å². The predicted octanol–water partition coefficient (Wildman–Crippen LogP) is 2.68. The van der Waals surface area contributed by atoms with E-state index in [2.05, 4.69) is 4.98 Å². The Hall–Kier alpha value is -3.39. The standard InChI is InChI=1S/C24H26N4O4/c29-21(16-27-12-9-25-22(27)19-4-2-1-3-5-19)28-13-15-32-24(18-28)7-10-26(11-8-24)23(30)20-6-14-31-17-20/h1-6,9,12,14,17H,7-8,10-11,13,15-16,18H2. The van der Waals surface area contributed by atoms with Crippen molar-refractivity contribution in [1.82, 2.24) is 19.4 Å². The monoisotopic (exact) mass is 434 g/mol. The van der Waals surface area contributed by atoms with Crippen LogP contribution in [0.3, 0.4) is 0 Å². The van der Waals surface area contributed by atoms with Gasteiger partial charge < -0.3 is 23.5 Å². The van der Waals surface area contributed by atoms with E-state index in [0.717, 1.165) is 11.4 Å². The molecule has 2 aliphatic heterocycles. The zero-order chi connectivity index (χ0) is 22.0. The Balaban J connectivity index is 1.22. The van der Waals surface area contributed by atoms with Crippen molar-refractivity contribution in [3.05, 3.63) is 66.9 Å². The largest absolute Gasteiger partial charge is 0.472 e. The number of rotatable bonds is 4. The molecule has 8 heteroatoms. The molecule has 2 fully saturated rings. The highest BCUT2D eigenvalue weighted by molar-refractivity contribution is 5.93. The van der Waals surface area contributed by atoms with Gasteiger partial charge in [0, 0.05) is 44.1 Å². The molecular formula is C24H26N4O4. The zero-order valence-electron chi connectivity index (χ0n) is 17.9. The van der Waals surface area contributed by atoms with Crippen LogP contribution in [-0.4, -0.2) is 69.6 Å². The zero-order valence-corrected chi connectivity index (χ0v) is 17.9. The highest BCUT2D eigenvalue weighted by Crippen LogP contribution is 2.31. The maximum Gasteiger partial charge on any atom is 0.257 e. The van der Waals surface area contributed by atoms with Crippen molar-refractivity contribution < 1.29 is 18.7 Å². The van der Waals surface area contributed by atoms with Crippen LogP contribution >= 0.6 is 0 Å². The lowest BCUT2D eigenvalue weighted by molar-refractivity contribution is -0.158. The van der Waals surface area contributed by atoms with Gasteiger partial charge in [-0.3, -0.25) is 9.59 Å². The van der Waals surface area contributed by atoms with Crippen molar-refractivity contribution in [2.75, 3.05) is 32.8 Å². The Morgan fingerprint density at radius 1 is 1.03 bits per heavy atom. The van der Waals surface area contributed by atoms with E-state index in [1.807, 2.05) is 50.9 Å². The number of ether oxygens (including phenoxy) is 1. The molecule has 0 N–H and O–H groups in total. The average Bonchev–Trinajstić information content (AvgIpc) is 3.52. The lowest BCUT2D eigenvalue weighted by Crippen LogP contribution is -2.58. The molecule has 0 unspecified atom stereocenters. The molecular weight excluding hydrogens is 408 g/mol. The smallest absolute Gasteiger partial charge is 0.257 e. The number of carbonyl (C=O) groups excluding carboxylic acids is 2. The summed E-state index contributed by atoms with van der Waals surface area (Å²) in [4.78, 5) is 33.9. The Labute approximate surface area is 186 Å². The van der Waals surface area contributed by atoms with Crippen molar-refractivity contribution in [2.45, 2.75) is 25.0 Å². The number of nitrogens with zero attached hydrogens (tertiary/aromatic N) is 4. The van der Waals surface area contributed by atoms with Gasteiger partial charge >= 0.3 is 0 Å². The molecule has 0 aliphatic carbocycles. The van der Waals surface area contributed by atoms with E-state index in [0.29, 0.717) is 51.2 Å². The highest BCUT2D eigenvalue weighted by Gasteiger charge is 2.42. The van der Waals surface area contributed by atoms with Crippen LogP contribution in [0.1, 0.15) is 23.2 Å². The number of benzene rings is 1. The normalized spacial score (nSPS) is 18.1. The third kappa shape index (κ3) is 4.05. The number of hydrogen-bond acceptors (Lipinski definition) is 5. The highest BCUT2D eigenvalue weighted by atomic mass is 16.5. The summed E-state index contributed by atoms with van der Waals surface area (Å²) in [6, 6.07) is 11.6. The lowest BCUT2D eigenvalue weighted by atomic mass is 9.89. The molecule has 0 atom stereocenters. The molecule has 5 rings (SSSR count). The second-order valence-electron chi connectivity index (χ2n) is 8.40. The summed E-state index contributed by atoms with van der Waals surface area (Å²) >= 11 is 0. The lowest BCUT2D eigenvalue weighted by Gasteiger charge is -2.47. The minimum absolute atomic E-state index is 0.0223. The van der Waals surface area contributed by atoms with E-state index < -0.39 is 5.60 Å². The summed E-state index contributed by atoms with van der Waals surface area (Å²) in [6.07, 6.45) is 7.97. The number of likely N-dealkylation sites (tertiary alicyclic amines) is 1. The molecule has 3 aromatic rings. The first-order valence-corrected chi connectivity index (χ1v) is 10.9. The van der Waals surface area contributed by atoms with E-state index in [1.165, 1.54) is 12.5 Å². The summed E-state index contributed by atoms with van der Waals surface area (Å²) in [5.41, 5.74) is 1.16. The molecule has 2 amide bonds. The van der Waals surface area contributed by atoms with Gasteiger partial charge in [0.2, 0.25) is 5.91 Å². The number of hydrogen-bond donors (Lipinski definition) is 0. The van der Waals surface area contributed by atoms with Gasteiger partial charge in [-0.15, -0.1) is 0 Å². The Morgan fingerprint density at radius 2 is 1.84 bits per heavy atom. The van der Waals surface area contributed by atoms with Crippen LogP contribution in [0.2, 0.25) is 0 Å². The molecule has 4 heterocycles. The summed E-state index contributed by atoms with van der Waals surface area (Å²) in [5.74, 6) is 0.818. The molecule has 0 bridgehead atoms. The van der Waals surface area contributed by atoms with Crippen LogP contribution in [0.5, 0.6) is 0 Å². The van der Waals surface area contributed by atoms with E-state index in [9.17, 15) is 9.59 Å². The molecule has 2 aliphatic rings. The molecule has 0 radical (unpaired) electrons.